The van der Waals surface area contributed by atoms with Gasteiger partial charge in [0.2, 0.25) is 0 Å². The molecule has 146 valence electrons. The highest BCUT2D eigenvalue weighted by Crippen LogP contribution is 2.43. The summed E-state index contributed by atoms with van der Waals surface area (Å²) in [4.78, 5) is 15.9. The van der Waals surface area contributed by atoms with Crippen LogP contribution in [0.15, 0.2) is 36.9 Å². The molecule has 2 aromatic rings. The maximum atomic E-state index is 14.6. The summed E-state index contributed by atoms with van der Waals surface area (Å²) in [6.45, 7) is 4.74. The molecule has 1 aromatic heterocycles. The van der Waals surface area contributed by atoms with E-state index in [1.165, 1.54) is 12.1 Å². The third-order valence-corrected chi connectivity index (χ3v) is 5.31. The SMILES string of the molecule is CC(C)C(=O)CCC[C@@H]1CO[C@@](Cn2ccnc2)(c2ccc(F)cc2F)C1. The second-order valence-electron chi connectivity index (χ2n) is 7.75. The van der Waals surface area contributed by atoms with Gasteiger partial charge in [-0.25, -0.2) is 13.8 Å². The quantitative estimate of drug-likeness (QED) is 0.682. The van der Waals surface area contributed by atoms with E-state index in [1.807, 2.05) is 18.4 Å². The van der Waals surface area contributed by atoms with Gasteiger partial charge in [0.05, 0.1) is 19.5 Å². The van der Waals surface area contributed by atoms with E-state index in [1.54, 1.807) is 18.7 Å². The Kier molecular flexibility index (Phi) is 6.05. The van der Waals surface area contributed by atoms with Gasteiger partial charge in [0.1, 0.15) is 23.0 Å². The lowest BCUT2D eigenvalue weighted by Gasteiger charge is -2.30. The summed E-state index contributed by atoms with van der Waals surface area (Å²) in [5.74, 6) is -0.638. The first kappa shape index (κ1) is 19.7. The van der Waals surface area contributed by atoms with Crippen molar-refractivity contribution < 1.29 is 18.3 Å². The molecule has 6 heteroatoms. The van der Waals surface area contributed by atoms with Crippen molar-refractivity contribution in [3.8, 4) is 0 Å². The Balaban J connectivity index is 1.75. The summed E-state index contributed by atoms with van der Waals surface area (Å²) < 4.78 is 35.9. The number of nitrogens with zero attached hydrogens (tertiary/aromatic N) is 2. The Morgan fingerprint density at radius 2 is 2.22 bits per heavy atom. The number of ether oxygens (including phenoxy) is 1. The van der Waals surface area contributed by atoms with Crippen molar-refractivity contribution in [2.45, 2.75) is 51.7 Å². The van der Waals surface area contributed by atoms with Gasteiger partial charge >= 0.3 is 0 Å². The predicted octanol–water partition coefficient (Wildman–Crippen LogP) is 4.49. The lowest BCUT2D eigenvalue weighted by Crippen LogP contribution is -2.32. The number of aromatic nitrogens is 2. The van der Waals surface area contributed by atoms with Crippen LogP contribution in [0.25, 0.3) is 0 Å². The molecule has 0 aliphatic carbocycles. The van der Waals surface area contributed by atoms with E-state index < -0.39 is 17.2 Å². The predicted molar refractivity (Wildman–Crippen MR) is 98.0 cm³/mol. The molecule has 1 aromatic carbocycles. The van der Waals surface area contributed by atoms with Crippen LogP contribution < -0.4 is 0 Å². The van der Waals surface area contributed by atoms with Crippen LogP contribution in [0, 0.1) is 23.5 Å². The Morgan fingerprint density at radius 3 is 2.89 bits per heavy atom. The monoisotopic (exact) mass is 376 g/mol. The molecule has 2 heterocycles. The van der Waals surface area contributed by atoms with Gasteiger partial charge in [-0.3, -0.25) is 4.79 Å². The van der Waals surface area contributed by atoms with Crippen LogP contribution >= 0.6 is 0 Å². The maximum Gasteiger partial charge on any atom is 0.135 e. The van der Waals surface area contributed by atoms with Crippen molar-refractivity contribution in [2.24, 2.45) is 11.8 Å². The van der Waals surface area contributed by atoms with Gasteiger partial charge in [-0.2, -0.15) is 0 Å². The highest BCUT2D eigenvalue weighted by Gasteiger charge is 2.43. The Labute approximate surface area is 158 Å². The molecule has 0 unspecified atom stereocenters. The fraction of sp³-hybridized carbons (Fsp3) is 0.524. The molecule has 0 spiro atoms. The number of benzene rings is 1. The number of carbonyl (C=O) groups is 1. The van der Waals surface area contributed by atoms with E-state index in [0.29, 0.717) is 31.6 Å². The van der Waals surface area contributed by atoms with Crippen LogP contribution in [0.4, 0.5) is 8.78 Å². The average molecular weight is 376 g/mol. The molecule has 0 amide bonds. The van der Waals surface area contributed by atoms with E-state index in [4.69, 9.17) is 4.74 Å². The molecule has 1 fully saturated rings. The van der Waals surface area contributed by atoms with Crippen molar-refractivity contribution in [2.75, 3.05) is 6.61 Å². The number of rotatable bonds is 8. The first-order valence-electron chi connectivity index (χ1n) is 9.47. The van der Waals surface area contributed by atoms with Gasteiger partial charge in [0.15, 0.2) is 0 Å². The molecule has 1 aliphatic rings. The number of Topliss-reactive ketones (excluding diaryl/α,β-unsaturated/α-hetero) is 1. The lowest BCUT2D eigenvalue weighted by atomic mass is 9.84. The van der Waals surface area contributed by atoms with Crippen LogP contribution in [0.5, 0.6) is 0 Å². The minimum absolute atomic E-state index is 0.0541. The van der Waals surface area contributed by atoms with Crippen molar-refractivity contribution >= 4 is 5.78 Å². The van der Waals surface area contributed by atoms with Gasteiger partial charge in [-0.1, -0.05) is 19.9 Å². The number of carbonyl (C=O) groups excluding carboxylic acids is 1. The van der Waals surface area contributed by atoms with Gasteiger partial charge in [-0.15, -0.1) is 0 Å². The van der Waals surface area contributed by atoms with E-state index in [9.17, 15) is 13.6 Å². The second-order valence-corrected chi connectivity index (χ2v) is 7.75. The molecule has 27 heavy (non-hydrogen) atoms. The molecule has 1 aliphatic heterocycles. The molecule has 0 bridgehead atoms. The van der Waals surface area contributed by atoms with Crippen LogP contribution in [0.2, 0.25) is 0 Å². The summed E-state index contributed by atoms with van der Waals surface area (Å²) in [6, 6.07) is 3.65. The van der Waals surface area contributed by atoms with E-state index in [0.717, 1.165) is 18.9 Å². The zero-order valence-corrected chi connectivity index (χ0v) is 15.8. The molecular formula is C21H26F2N2O2. The smallest absolute Gasteiger partial charge is 0.135 e. The average Bonchev–Trinajstić information content (AvgIpc) is 3.25. The fourth-order valence-corrected chi connectivity index (χ4v) is 3.82. The maximum absolute atomic E-state index is 14.6. The van der Waals surface area contributed by atoms with Crippen LogP contribution in [-0.4, -0.2) is 21.9 Å². The topological polar surface area (TPSA) is 44.1 Å². The summed E-state index contributed by atoms with van der Waals surface area (Å²) in [5, 5.41) is 0. The second kappa shape index (κ2) is 8.30. The number of halogens is 2. The minimum atomic E-state index is -0.856. The third-order valence-electron chi connectivity index (χ3n) is 5.31. The van der Waals surface area contributed by atoms with Crippen molar-refractivity contribution in [3.05, 3.63) is 54.1 Å². The van der Waals surface area contributed by atoms with Crippen molar-refractivity contribution in [1.29, 1.82) is 0 Å². The standard InChI is InChI=1S/C21H26F2N2O2/c1-15(2)20(26)5-3-4-16-11-21(27-12-16,13-25-9-8-24-14-25)18-7-6-17(22)10-19(18)23/h6-10,14-16H,3-5,11-13H2,1-2H3/t16-,21-/m0/s1. The highest BCUT2D eigenvalue weighted by molar-refractivity contribution is 5.80. The largest absolute Gasteiger partial charge is 0.368 e. The van der Waals surface area contributed by atoms with Gasteiger partial charge in [0.25, 0.3) is 0 Å². The van der Waals surface area contributed by atoms with E-state index >= 15 is 0 Å². The van der Waals surface area contributed by atoms with Gasteiger partial charge in [-0.05, 0) is 31.2 Å². The third kappa shape index (κ3) is 4.61. The van der Waals surface area contributed by atoms with Gasteiger partial charge < -0.3 is 9.30 Å². The molecule has 3 rings (SSSR count). The number of ketones is 1. The Bertz CT molecular complexity index is 776. The number of imidazole rings is 1. The number of hydrogen-bond donors (Lipinski definition) is 0. The fourth-order valence-electron chi connectivity index (χ4n) is 3.82. The molecule has 0 N–H and O–H groups in total. The van der Waals surface area contributed by atoms with Gasteiger partial charge in [0, 0.05) is 36.4 Å². The van der Waals surface area contributed by atoms with Crippen LogP contribution in [-0.2, 0) is 21.7 Å². The first-order valence-corrected chi connectivity index (χ1v) is 9.47. The minimum Gasteiger partial charge on any atom is -0.368 e. The normalized spacial score (nSPS) is 22.5. The van der Waals surface area contributed by atoms with E-state index in [-0.39, 0.29) is 17.6 Å². The summed E-state index contributed by atoms with van der Waals surface area (Å²) in [6.07, 6.45) is 7.99. The lowest BCUT2D eigenvalue weighted by molar-refractivity contribution is -0.122. The van der Waals surface area contributed by atoms with E-state index in [2.05, 4.69) is 4.98 Å². The molecule has 0 radical (unpaired) electrons. The van der Waals surface area contributed by atoms with Crippen LogP contribution in [0.1, 0.15) is 45.1 Å². The van der Waals surface area contributed by atoms with Crippen molar-refractivity contribution in [1.82, 2.24) is 9.55 Å². The zero-order chi connectivity index (χ0) is 19.4. The molecule has 2 atom stereocenters. The summed E-state index contributed by atoms with van der Waals surface area (Å²) in [5.41, 5.74) is -0.482. The summed E-state index contributed by atoms with van der Waals surface area (Å²) in [7, 11) is 0. The molecule has 1 saturated heterocycles. The van der Waals surface area contributed by atoms with Crippen LogP contribution in [0.3, 0.4) is 0 Å². The Morgan fingerprint density at radius 1 is 1.41 bits per heavy atom. The Hall–Kier alpha value is -2.08. The molecule has 0 saturated carbocycles. The first-order chi connectivity index (χ1) is 12.9. The van der Waals surface area contributed by atoms with Crippen molar-refractivity contribution in [3.63, 3.8) is 0 Å². The summed E-state index contributed by atoms with van der Waals surface area (Å²) >= 11 is 0. The molecular weight excluding hydrogens is 350 g/mol. The zero-order valence-electron chi connectivity index (χ0n) is 15.8. The molecule has 4 nitrogen and oxygen atoms in total. The number of hydrogen-bond acceptors (Lipinski definition) is 3. The highest BCUT2D eigenvalue weighted by atomic mass is 19.1.